The Balaban J connectivity index is 1.83. The van der Waals surface area contributed by atoms with Gasteiger partial charge in [-0.25, -0.2) is 8.42 Å². The van der Waals surface area contributed by atoms with Gasteiger partial charge in [-0.05, 0) is 24.6 Å². The molecule has 2 aliphatic rings. The summed E-state index contributed by atoms with van der Waals surface area (Å²) in [5.41, 5.74) is 1.24. The van der Waals surface area contributed by atoms with Crippen molar-refractivity contribution in [1.82, 2.24) is 10.2 Å². The monoisotopic (exact) mass is 331 g/mol. The van der Waals surface area contributed by atoms with Crippen LogP contribution in [0.4, 0.5) is 0 Å². The van der Waals surface area contributed by atoms with Crippen molar-refractivity contribution in [2.24, 2.45) is 4.40 Å². The Bertz CT molecular complexity index is 810. The minimum atomic E-state index is -3.51. The van der Waals surface area contributed by atoms with Crippen LogP contribution in [0.2, 0.25) is 0 Å². The smallest absolute Gasteiger partial charge is 0.256 e. The molecule has 1 N–H and O–H groups in total. The number of carbonyl (C=O) groups is 1. The molecule has 6 nitrogen and oxygen atoms in total. The van der Waals surface area contributed by atoms with Crippen molar-refractivity contribution in [3.05, 3.63) is 59.8 Å². The zero-order valence-corrected chi connectivity index (χ0v) is 13.5. The number of carbonyl (C=O) groups excluding carboxylic acids is 1. The summed E-state index contributed by atoms with van der Waals surface area (Å²) in [6, 6.07) is 9.38. The van der Waals surface area contributed by atoms with Gasteiger partial charge in [-0.3, -0.25) is 4.79 Å². The third-order valence-corrected chi connectivity index (χ3v) is 4.90. The molecule has 3 rings (SSSR count). The Kier molecular flexibility index (Phi) is 4.04. The molecule has 1 aromatic rings. The van der Waals surface area contributed by atoms with Crippen LogP contribution in [0.1, 0.15) is 18.5 Å². The zero-order valence-electron chi connectivity index (χ0n) is 12.6. The standard InChI is InChI=1S/C16H17N3O3S/c1-12(13-6-3-2-4-7-13)17-16(20)14-8-5-9-19-10-11-23(21,22)18-15(14)19/h2-9,12H,10-11H2,1H3,(H,17,20). The average molecular weight is 331 g/mol. The highest BCUT2D eigenvalue weighted by Crippen LogP contribution is 2.19. The SMILES string of the molecule is CC(NC(=O)C1=CC=CN2CCS(=O)(=O)N=C12)c1ccccc1. The molecule has 0 radical (unpaired) electrons. The third kappa shape index (κ3) is 3.34. The lowest BCUT2D eigenvalue weighted by Crippen LogP contribution is -2.42. The fourth-order valence-corrected chi connectivity index (χ4v) is 3.48. The first kappa shape index (κ1) is 15.5. The Hall–Kier alpha value is -2.41. The molecule has 1 amide bonds. The normalized spacial score (nSPS) is 20.1. The van der Waals surface area contributed by atoms with E-state index < -0.39 is 10.0 Å². The predicted octanol–water partition coefficient (Wildman–Crippen LogP) is 1.36. The van der Waals surface area contributed by atoms with Crippen molar-refractivity contribution in [1.29, 1.82) is 0 Å². The summed E-state index contributed by atoms with van der Waals surface area (Å²) >= 11 is 0. The lowest BCUT2D eigenvalue weighted by atomic mass is 10.1. The largest absolute Gasteiger partial charge is 0.345 e. The summed E-state index contributed by atoms with van der Waals surface area (Å²) < 4.78 is 27.2. The van der Waals surface area contributed by atoms with E-state index in [1.165, 1.54) is 0 Å². The summed E-state index contributed by atoms with van der Waals surface area (Å²) in [4.78, 5) is 14.2. The van der Waals surface area contributed by atoms with Crippen LogP contribution in [-0.2, 0) is 14.8 Å². The number of sulfonamides is 1. The lowest BCUT2D eigenvalue weighted by Gasteiger charge is -2.29. The Morgan fingerprint density at radius 2 is 2.04 bits per heavy atom. The van der Waals surface area contributed by atoms with E-state index in [-0.39, 0.29) is 29.1 Å². The molecule has 0 fully saturated rings. The van der Waals surface area contributed by atoms with E-state index in [4.69, 9.17) is 0 Å². The molecule has 0 bridgehead atoms. The van der Waals surface area contributed by atoms with Crippen LogP contribution in [0, 0.1) is 0 Å². The average Bonchev–Trinajstić information content (AvgIpc) is 2.54. The first-order chi connectivity index (χ1) is 11.0. The van der Waals surface area contributed by atoms with Gasteiger partial charge >= 0.3 is 0 Å². The molecule has 0 aliphatic carbocycles. The van der Waals surface area contributed by atoms with Crippen LogP contribution in [0.3, 0.4) is 0 Å². The van der Waals surface area contributed by atoms with Gasteiger partial charge in [0.2, 0.25) is 0 Å². The fourth-order valence-electron chi connectivity index (χ4n) is 2.49. The number of amides is 1. The molecular formula is C16H17N3O3S. The quantitative estimate of drug-likeness (QED) is 0.907. The van der Waals surface area contributed by atoms with Gasteiger partial charge in [-0.15, -0.1) is 4.40 Å². The number of allylic oxidation sites excluding steroid dienone is 2. The molecule has 7 heteroatoms. The van der Waals surface area contributed by atoms with Crippen LogP contribution in [-0.4, -0.2) is 37.4 Å². The van der Waals surface area contributed by atoms with Gasteiger partial charge < -0.3 is 10.2 Å². The van der Waals surface area contributed by atoms with Gasteiger partial charge in [0.1, 0.15) is 0 Å². The van der Waals surface area contributed by atoms with Gasteiger partial charge in [0.25, 0.3) is 15.9 Å². The first-order valence-electron chi connectivity index (χ1n) is 7.30. The second kappa shape index (κ2) is 6.00. The topological polar surface area (TPSA) is 78.8 Å². The maximum Gasteiger partial charge on any atom is 0.256 e. The predicted molar refractivity (Wildman–Crippen MR) is 88.2 cm³/mol. The summed E-state index contributed by atoms with van der Waals surface area (Å²) in [7, 11) is -3.51. The molecular weight excluding hydrogens is 314 g/mol. The lowest BCUT2D eigenvalue weighted by molar-refractivity contribution is -0.117. The molecule has 120 valence electrons. The molecule has 2 aliphatic heterocycles. The second-order valence-corrected chi connectivity index (χ2v) is 7.18. The highest BCUT2D eigenvalue weighted by molar-refractivity contribution is 7.90. The molecule has 1 aromatic carbocycles. The van der Waals surface area contributed by atoms with Crippen molar-refractivity contribution in [3.8, 4) is 0 Å². The van der Waals surface area contributed by atoms with E-state index in [1.807, 2.05) is 37.3 Å². The number of benzene rings is 1. The summed E-state index contributed by atoms with van der Waals surface area (Å²) in [6.45, 7) is 2.18. The Morgan fingerprint density at radius 1 is 1.30 bits per heavy atom. The summed E-state index contributed by atoms with van der Waals surface area (Å²) in [5.74, 6) is -0.195. The fraction of sp³-hybridized carbons (Fsp3) is 0.250. The Labute approximate surface area is 135 Å². The number of hydrogen-bond acceptors (Lipinski definition) is 4. The van der Waals surface area contributed by atoms with Gasteiger partial charge in [0.15, 0.2) is 5.84 Å². The number of nitrogens with one attached hydrogen (secondary N) is 1. The maximum atomic E-state index is 12.5. The number of hydrogen-bond donors (Lipinski definition) is 1. The number of nitrogens with zero attached hydrogens (tertiary/aromatic N) is 2. The molecule has 2 heterocycles. The van der Waals surface area contributed by atoms with E-state index in [2.05, 4.69) is 9.71 Å². The minimum Gasteiger partial charge on any atom is -0.345 e. The number of fused-ring (bicyclic) bond motifs is 1. The van der Waals surface area contributed by atoms with E-state index in [0.29, 0.717) is 6.54 Å². The third-order valence-electron chi connectivity index (χ3n) is 3.75. The van der Waals surface area contributed by atoms with Crippen molar-refractivity contribution < 1.29 is 13.2 Å². The summed E-state index contributed by atoms with van der Waals surface area (Å²) in [6.07, 6.45) is 5.03. The minimum absolute atomic E-state index is 0.0455. The number of rotatable bonds is 3. The molecule has 0 aromatic heterocycles. The molecule has 0 saturated carbocycles. The van der Waals surface area contributed by atoms with Gasteiger partial charge in [-0.1, -0.05) is 30.3 Å². The van der Waals surface area contributed by atoms with Crippen LogP contribution in [0.15, 0.2) is 58.7 Å². The van der Waals surface area contributed by atoms with Crippen LogP contribution < -0.4 is 5.32 Å². The first-order valence-corrected chi connectivity index (χ1v) is 8.91. The zero-order chi connectivity index (χ0) is 16.4. The van der Waals surface area contributed by atoms with Crippen LogP contribution in [0.5, 0.6) is 0 Å². The highest BCUT2D eigenvalue weighted by atomic mass is 32.2. The maximum absolute atomic E-state index is 12.5. The van der Waals surface area contributed by atoms with E-state index in [9.17, 15) is 13.2 Å². The second-order valence-electron chi connectivity index (χ2n) is 5.42. The molecule has 0 saturated heterocycles. The van der Waals surface area contributed by atoms with Crippen molar-refractivity contribution in [2.45, 2.75) is 13.0 Å². The van der Waals surface area contributed by atoms with Crippen molar-refractivity contribution in [2.75, 3.05) is 12.3 Å². The van der Waals surface area contributed by atoms with Crippen molar-refractivity contribution in [3.63, 3.8) is 0 Å². The van der Waals surface area contributed by atoms with E-state index in [0.717, 1.165) is 5.56 Å². The molecule has 23 heavy (non-hydrogen) atoms. The number of amidine groups is 1. The molecule has 1 atom stereocenters. The van der Waals surface area contributed by atoms with Gasteiger partial charge in [0.05, 0.1) is 17.4 Å². The van der Waals surface area contributed by atoms with E-state index in [1.54, 1.807) is 23.3 Å². The van der Waals surface area contributed by atoms with Crippen LogP contribution in [0.25, 0.3) is 0 Å². The van der Waals surface area contributed by atoms with Crippen LogP contribution >= 0.6 is 0 Å². The molecule has 0 spiro atoms. The Morgan fingerprint density at radius 3 is 2.78 bits per heavy atom. The molecule has 1 unspecified atom stereocenters. The van der Waals surface area contributed by atoms with Gasteiger partial charge in [-0.2, -0.15) is 0 Å². The summed E-state index contributed by atoms with van der Waals surface area (Å²) in [5, 5.41) is 2.88. The van der Waals surface area contributed by atoms with Gasteiger partial charge in [0, 0.05) is 12.7 Å². The van der Waals surface area contributed by atoms with E-state index >= 15 is 0 Å². The van der Waals surface area contributed by atoms with Crippen molar-refractivity contribution >= 4 is 21.8 Å². The highest BCUT2D eigenvalue weighted by Gasteiger charge is 2.30.